The van der Waals surface area contributed by atoms with E-state index in [9.17, 15) is 9.59 Å². The van der Waals surface area contributed by atoms with Crippen LogP contribution < -0.4 is 5.32 Å². The van der Waals surface area contributed by atoms with Crippen LogP contribution in [0.3, 0.4) is 0 Å². The molecule has 0 radical (unpaired) electrons. The molecule has 0 bridgehead atoms. The molecular weight excluding hydrogens is 220 g/mol. The molecule has 17 heavy (non-hydrogen) atoms. The number of urea groups is 1. The van der Waals surface area contributed by atoms with Gasteiger partial charge in [-0.3, -0.25) is 4.79 Å². The van der Waals surface area contributed by atoms with E-state index in [4.69, 9.17) is 5.11 Å². The Bertz CT molecular complexity index is 296. The summed E-state index contributed by atoms with van der Waals surface area (Å²) in [6.45, 7) is 5.81. The van der Waals surface area contributed by atoms with Gasteiger partial charge in [-0.1, -0.05) is 13.8 Å². The lowest BCUT2D eigenvalue weighted by Crippen LogP contribution is -2.52. The fourth-order valence-electron chi connectivity index (χ4n) is 1.66. The van der Waals surface area contributed by atoms with Gasteiger partial charge in [0, 0.05) is 11.6 Å². The molecule has 0 aromatic heterocycles. The van der Waals surface area contributed by atoms with Crippen LogP contribution in [0, 0.1) is 0 Å². The maximum absolute atomic E-state index is 12.0. The number of nitrogens with one attached hydrogen (secondary N) is 1. The first-order chi connectivity index (χ1) is 7.91. The Morgan fingerprint density at radius 3 is 2.24 bits per heavy atom. The van der Waals surface area contributed by atoms with Gasteiger partial charge in [0.2, 0.25) is 0 Å². The summed E-state index contributed by atoms with van der Waals surface area (Å²) in [5.74, 6) is -0.957. The maximum Gasteiger partial charge on any atom is 0.323 e. The average molecular weight is 242 g/mol. The molecule has 1 rings (SSSR count). The highest BCUT2D eigenvalue weighted by Gasteiger charge is 2.35. The second-order valence-electron chi connectivity index (χ2n) is 4.95. The number of hydrogen-bond acceptors (Lipinski definition) is 2. The topological polar surface area (TPSA) is 69.6 Å². The van der Waals surface area contributed by atoms with E-state index >= 15 is 0 Å². The van der Waals surface area contributed by atoms with Gasteiger partial charge in [-0.2, -0.15) is 0 Å². The van der Waals surface area contributed by atoms with E-state index in [0.29, 0.717) is 0 Å². The normalized spacial score (nSPS) is 15.5. The van der Waals surface area contributed by atoms with Crippen molar-refractivity contribution in [1.29, 1.82) is 0 Å². The molecule has 2 amide bonds. The molecule has 1 fully saturated rings. The predicted octanol–water partition coefficient (Wildman–Crippen LogP) is 1.82. The van der Waals surface area contributed by atoms with E-state index in [0.717, 1.165) is 25.7 Å². The largest absolute Gasteiger partial charge is 0.480 e. The molecule has 0 saturated heterocycles. The SMILES string of the molecule is CCC(C)(CC)NC(=O)N(CC(=O)O)C1CC1. The Hall–Kier alpha value is -1.26. The highest BCUT2D eigenvalue weighted by molar-refractivity contribution is 5.81. The number of rotatable bonds is 6. The van der Waals surface area contributed by atoms with Gasteiger partial charge in [0.05, 0.1) is 0 Å². The van der Waals surface area contributed by atoms with Gasteiger partial charge in [-0.25, -0.2) is 4.79 Å². The lowest BCUT2D eigenvalue weighted by atomic mass is 9.96. The van der Waals surface area contributed by atoms with Gasteiger partial charge >= 0.3 is 12.0 Å². The molecule has 5 nitrogen and oxygen atoms in total. The van der Waals surface area contributed by atoms with Crippen LogP contribution in [0.5, 0.6) is 0 Å². The summed E-state index contributed by atoms with van der Waals surface area (Å²) in [4.78, 5) is 24.2. The van der Waals surface area contributed by atoms with Crippen molar-refractivity contribution in [2.45, 2.75) is 58.0 Å². The summed E-state index contributed by atoms with van der Waals surface area (Å²) in [6, 6.07) is -0.134. The molecule has 0 atom stereocenters. The average Bonchev–Trinajstić information content (AvgIpc) is 3.09. The van der Waals surface area contributed by atoms with Gasteiger partial charge < -0.3 is 15.3 Å². The molecule has 1 saturated carbocycles. The fourth-order valence-corrected chi connectivity index (χ4v) is 1.66. The highest BCUT2D eigenvalue weighted by Crippen LogP contribution is 2.27. The van der Waals surface area contributed by atoms with Crippen molar-refractivity contribution in [3.05, 3.63) is 0 Å². The maximum atomic E-state index is 12.0. The van der Waals surface area contributed by atoms with Crippen LogP contribution >= 0.6 is 0 Å². The van der Waals surface area contributed by atoms with Gasteiger partial charge in [0.25, 0.3) is 0 Å². The Kier molecular flexibility index (Phi) is 4.37. The van der Waals surface area contributed by atoms with E-state index in [1.54, 1.807) is 0 Å². The van der Waals surface area contributed by atoms with E-state index in [2.05, 4.69) is 5.32 Å². The van der Waals surface area contributed by atoms with Crippen molar-refractivity contribution in [3.63, 3.8) is 0 Å². The van der Waals surface area contributed by atoms with E-state index in [-0.39, 0.29) is 24.2 Å². The number of carboxylic acid groups (broad SMARTS) is 1. The summed E-state index contributed by atoms with van der Waals surface area (Å²) in [7, 11) is 0. The van der Waals surface area contributed by atoms with Crippen LogP contribution in [-0.2, 0) is 4.79 Å². The Balaban J connectivity index is 2.61. The van der Waals surface area contributed by atoms with E-state index in [1.165, 1.54) is 4.90 Å². The molecule has 0 aromatic carbocycles. The number of nitrogens with zero attached hydrogens (tertiary/aromatic N) is 1. The van der Waals surface area contributed by atoms with Crippen LogP contribution in [0.25, 0.3) is 0 Å². The van der Waals surface area contributed by atoms with Gasteiger partial charge in [-0.05, 0) is 32.6 Å². The Morgan fingerprint density at radius 1 is 1.35 bits per heavy atom. The lowest BCUT2D eigenvalue weighted by molar-refractivity contribution is -0.137. The molecule has 2 N–H and O–H groups in total. The quantitative estimate of drug-likeness (QED) is 0.746. The van der Waals surface area contributed by atoms with Gasteiger partial charge in [-0.15, -0.1) is 0 Å². The molecule has 0 heterocycles. The third-order valence-corrected chi connectivity index (χ3v) is 3.52. The predicted molar refractivity (Wildman–Crippen MR) is 64.9 cm³/mol. The highest BCUT2D eigenvalue weighted by atomic mass is 16.4. The number of carboxylic acids is 1. The number of hydrogen-bond donors (Lipinski definition) is 2. The zero-order chi connectivity index (χ0) is 13.1. The minimum atomic E-state index is -0.957. The number of carbonyl (C=O) groups excluding carboxylic acids is 1. The van der Waals surface area contributed by atoms with E-state index < -0.39 is 5.97 Å². The number of amides is 2. The van der Waals surface area contributed by atoms with Crippen LogP contribution in [0.2, 0.25) is 0 Å². The third-order valence-electron chi connectivity index (χ3n) is 3.52. The molecule has 0 aliphatic heterocycles. The van der Waals surface area contributed by atoms with Crippen molar-refractivity contribution in [1.82, 2.24) is 10.2 Å². The monoisotopic (exact) mass is 242 g/mol. The van der Waals surface area contributed by atoms with Crippen molar-refractivity contribution >= 4 is 12.0 Å². The Morgan fingerprint density at radius 2 is 1.88 bits per heavy atom. The van der Waals surface area contributed by atoms with Crippen LogP contribution in [0.4, 0.5) is 4.79 Å². The number of carbonyl (C=O) groups is 2. The Labute approximate surface area is 102 Å². The summed E-state index contributed by atoms with van der Waals surface area (Å²) in [5.41, 5.74) is -0.247. The smallest absolute Gasteiger partial charge is 0.323 e. The molecule has 5 heteroatoms. The molecule has 0 aromatic rings. The third kappa shape index (κ3) is 3.91. The second-order valence-corrected chi connectivity index (χ2v) is 4.95. The molecular formula is C12H22N2O3. The molecule has 0 spiro atoms. The standard InChI is InChI=1S/C12H22N2O3/c1-4-12(3,5-2)13-11(17)14(8-10(15)16)9-6-7-9/h9H,4-8H2,1-3H3,(H,13,17)(H,15,16). The van der Waals surface area contributed by atoms with Crippen LogP contribution in [0.1, 0.15) is 46.5 Å². The van der Waals surface area contributed by atoms with Crippen molar-refractivity contribution < 1.29 is 14.7 Å². The zero-order valence-electron chi connectivity index (χ0n) is 10.8. The first kappa shape index (κ1) is 13.8. The lowest BCUT2D eigenvalue weighted by Gasteiger charge is -2.32. The first-order valence-corrected chi connectivity index (χ1v) is 6.22. The minimum Gasteiger partial charge on any atom is -0.480 e. The van der Waals surface area contributed by atoms with Crippen molar-refractivity contribution in [3.8, 4) is 0 Å². The van der Waals surface area contributed by atoms with Crippen LogP contribution in [0.15, 0.2) is 0 Å². The summed E-state index contributed by atoms with van der Waals surface area (Å²) in [6.07, 6.45) is 3.49. The van der Waals surface area contributed by atoms with E-state index in [1.807, 2.05) is 20.8 Å². The van der Waals surface area contributed by atoms with Gasteiger partial charge in [0.15, 0.2) is 0 Å². The minimum absolute atomic E-state index is 0.115. The first-order valence-electron chi connectivity index (χ1n) is 6.22. The molecule has 98 valence electrons. The summed E-state index contributed by atoms with van der Waals surface area (Å²) >= 11 is 0. The van der Waals surface area contributed by atoms with Gasteiger partial charge in [0.1, 0.15) is 6.54 Å². The second kappa shape index (κ2) is 5.38. The number of aliphatic carboxylic acids is 1. The zero-order valence-corrected chi connectivity index (χ0v) is 10.8. The fraction of sp³-hybridized carbons (Fsp3) is 0.833. The molecule has 0 unspecified atom stereocenters. The molecule has 1 aliphatic rings. The molecule has 1 aliphatic carbocycles. The van der Waals surface area contributed by atoms with Crippen LogP contribution in [-0.4, -0.2) is 40.1 Å². The summed E-state index contributed by atoms with van der Waals surface area (Å²) < 4.78 is 0. The van der Waals surface area contributed by atoms with Crippen molar-refractivity contribution in [2.24, 2.45) is 0 Å². The summed E-state index contributed by atoms with van der Waals surface area (Å²) in [5, 5.41) is 11.7. The van der Waals surface area contributed by atoms with Crippen molar-refractivity contribution in [2.75, 3.05) is 6.54 Å².